The van der Waals surface area contributed by atoms with Crippen LogP contribution in [0.4, 0.5) is 5.82 Å². The number of carbonyl (C=O) groups is 1. The summed E-state index contributed by atoms with van der Waals surface area (Å²) in [7, 11) is 0. The number of pyridine rings is 1. The Balaban J connectivity index is 1.92. The highest BCUT2D eigenvalue weighted by molar-refractivity contribution is 14.1. The molecule has 0 aliphatic rings. The molecule has 0 spiro atoms. The number of rotatable bonds is 4. The molecule has 2 aromatic heterocycles. The van der Waals surface area contributed by atoms with Crippen molar-refractivity contribution in [3.63, 3.8) is 0 Å². The molecule has 0 atom stereocenters. The van der Waals surface area contributed by atoms with E-state index in [1.807, 2.05) is 13.0 Å². The average molecular weight is 461 g/mol. The van der Waals surface area contributed by atoms with E-state index >= 15 is 0 Å². The molecule has 26 heavy (non-hydrogen) atoms. The van der Waals surface area contributed by atoms with Crippen molar-refractivity contribution in [3.8, 4) is 0 Å². The van der Waals surface area contributed by atoms with Gasteiger partial charge in [0.1, 0.15) is 11.3 Å². The van der Waals surface area contributed by atoms with Crippen LogP contribution in [0.5, 0.6) is 0 Å². The lowest BCUT2D eigenvalue weighted by molar-refractivity contribution is -0.117. The normalized spacial score (nSPS) is 11.7. The van der Waals surface area contributed by atoms with Crippen molar-refractivity contribution in [2.45, 2.75) is 40.7 Å². The number of amides is 1. The van der Waals surface area contributed by atoms with Crippen molar-refractivity contribution in [1.82, 2.24) is 9.55 Å². The number of carbonyl (C=O) groups excluding carboxylic acids is 1. The Labute approximate surface area is 168 Å². The first-order valence-corrected chi connectivity index (χ1v) is 9.80. The van der Waals surface area contributed by atoms with Crippen LogP contribution in [-0.2, 0) is 11.3 Å². The summed E-state index contributed by atoms with van der Waals surface area (Å²) >= 11 is 2.31. The molecular formula is C21H24IN3O. The van der Waals surface area contributed by atoms with E-state index in [9.17, 15) is 4.79 Å². The summed E-state index contributed by atoms with van der Waals surface area (Å²) in [4.78, 5) is 17.0. The van der Waals surface area contributed by atoms with Gasteiger partial charge in [0.2, 0.25) is 5.91 Å². The van der Waals surface area contributed by atoms with Crippen LogP contribution in [0.1, 0.15) is 38.3 Å². The van der Waals surface area contributed by atoms with Crippen LogP contribution >= 0.6 is 22.6 Å². The van der Waals surface area contributed by atoms with Crippen LogP contribution in [0, 0.1) is 15.9 Å². The van der Waals surface area contributed by atoms with Gasteiger partial charge >= 0.3 is 0 Å². The summed E-state index contributed by atoms with van der Waals surface area (Å²) in [6, 6.07) is 12.5. The second kappa shape index (κ2) is 7.39. The Morgan fingerprint density at radius 2 is 1.92 bits per heavy atom. The van der Waals surface area contributed by atoms with Crippen molar-refractivity contribution >= 4 is 45.3 Å². The van der Waals surface area contributed by atoms with Gasteiger partial charge in [-0.05, 0) is 52.1 Å². The monoisotopic (exact) mass is 461 g/mol. The van der Waals surface area contributed by atoms with E-state index in [-0.39, 0.29) is 11.3 Å². The minimum absolute atomic E-state index is 0.00572. The molecule has 0 aliphatic carbocycles. The highest BCUT2D eigenvalue weighted by Crippen LogP contribution is 2.27. The highest BCUT2D eigenvalue weighted by Gasteiger charge is 2.18. The summed E-state index contributed by atoms with van der Waals surface area (Å²) < 4.78 is 3.30. The number of aromatic nitrogens is 2. The van der Waals surface area contributed by atoms with Gasteiger partial charge < -0.3 is 9.88 Å². The lowest BCUT2D eigenvalue weighted by atomic mass is 9.92. The van der Waals surface area contributed by atoms with Gasteiger partial charge in [-0.25, -0.2) is 4.98 Å². The summed E-state index contributed by atoms with van der Waals surface area (Å²) in [6.45, 7) is 8.97. The van der Waals surface area contributed by atoms with Crippen molar-refractivity contribution in [2.75, 3.05) is 5.32 Å². The Kier molecular flexibility index (Phi) is 5.37. The third-order valence-corrected chi connectivity index (χ3v) is 4.93. The molecule has 1 amide bonds. The van der Waals surface area contributed by atoms with Gasteiger partial charge in [-0.15, -0.1) is 0 Å². The Morgan fingerprint density at radius 1 is 1.23 bits per heavy atom. The SMILES string of the molecule is Cc1cc2c(nc1NC(=O)CC(C)(C)C)c(I)cn2Cc1ccccc1. The molecule has 3 aromatic rings. The molecule has 0 bridgehead atoms. The number of benzene rings is 1. The standard InChI is InChI=1S/C21H24IN3O/c1-14-10-17-19(24-20(14)23-18(26)11-21(2,3)4)16(22)13-25(17)12-15-8-6-5-7-9-15/h5-10,13H,11-12H2,1-4H3,(H,23,24,26). The maximum atomic E-state index is 12.3. The second-order valence-electron chi connectivity index (χ2n) is 7.90. The quantitative estimate of drug-likeness (QED) is 0.531. The van der Waals surface area contributed by atoms with Crippen LogP contribution in [0.3, 0.4) is 0 Å². The molecule has 2 heterocycles. The summed E-state index contributed by atoms with van der Waals surface area (Å²) in [6.07, 6.45) is 2.59. The van der Waals surface area contributed by atoms with Crippen LogP contribution in [0.2, 0.25) is 0 Å². The number of anilines is 1. The Morgan fingerprint density at radius 3 is 2.58 bits per heavy atom. The third-order valence-electron chi connectivity index (χ3n) is 4.14. The van der Waals surface area contributed by atoms with E-state index in [1.54, 1.807) is 0 Å². The molecule has 0 unspecified atom stereocenters. The molecule has 1 aromatic carbocycles. The lowest BCUT2D eigenvalue weighted by Crippen LogP contribution is -2.20. The maximum Gasteiger partial charge on any atom is 0.226 e. The zero-order valence-corrected chi connectivity index (χ0v) is 17.8. The van der Waals surface area contributed by atoms with Gasteiger partial charge in [-0.2, -0.15) is 0 Å². The van der Waals surface area contributed by atoms with E-state index in [0.717, 1.165) is 26.7 Å². The summed E-state index contributed by atoms with van der Waals surface area (Å²) in [5, 5.41) is 2.98. The minimum atomic E-state index is -0.0461. The summed E-state index contributed by atoms with van der Waals surface area (Å²) in [5.74, 6) is 0.660. The first-order chi connectivity index (χ1) is 12.2. The molecule has 4 nitrogen and oxygen atoms in total. The lowest BCUT2D eigenvalue weighted by Gasteiger charge is -2.17. The first-order valence-electron chi connectivity index (χ1n) is 8.73. The van der Waals surface area contributed by atoms with E-state index in [2.05, 4.69) is 89.8 Å². The molecule has 1 N–H and O–H groups in total. The fraction of sp³-hybridized carbons (Fsp3) is 0.333. The Bertz CT molecular complexity index is 939. The van der Waals surface area contributed by atoms with Crippen LogP contribution < -0.4 is 5.32 Å². The predicted octanol–water partition coefficient (Wildman–Crippen LogP) is 5.37. The smallest absolute Gasteiger partial charge is 0.226 e. The molecule has 0 saturated heterocycles. The zero-order valence-electron chi connectivity index (χ0n) is 15.6. The molecule has 0 saturated carbocycles. The third kappa shape index (κ3) is 4.44. The van der Waals surface area contributed by atoms with Gasteiger partial charge in [-0.1, -0.05) is 51.1 Å². The molecule has 5 heteroatoms. The van der Waals surface area contributed by atoms with E-state index < -0.39 is 0 Å². The largest absolute Gasteiger partial charge is 0.341 e. The topological polar surface area (TPSA) is 46.9 Å². The Hall–Kier alpha value is -1.89. The number of fused-ring (bicyclic) bond motifs is 1. The van der Waals surface area contributed by atoms with E-state index in [4.69, 9.17) is 4.98 Å². The van der Waals surface area contributed by atoms with Gasteiger partial charge in [0.05, 0.1) is 9.09 Å². The van der Waals surface area contributed by atoms with Gasteiger partial charge in [0.25, 0.3) is 0 Å². The van der Waals surface area contributed by atoms with Crippen LogP contribution in [0.15, 0.2) is 42.6 Å². The number of hydrogen-bond acceptors (Lipinski definition) is 2. The molecule has 0 fully saturated rings. The van der Waals surface area contributed by atoms with Gasteiger partial charge in [0.15, 0.2) is 0 Å². The van der Waals surface area contributed by atoms with Gasteiger partial charge in [-0.3, -0.25) is 4.79 Å². The van der Waals surface area contributed by atoms with Crippen molar-refractivity contribution < 1.29 is 4.79 Å². The highest BCUT2D eigenvalue weighted by atomic mass is 127. The van der Waals surface area contributed by atoms with Crippen molar-refractivity contribution in [1.29, 1.82) is 0 Å². The summed E-state index contributed by atoms with van der Waals surface area (Å²) in [5.41, 5.74) is 4.20. The fourth-order valence-corrected chi connectivity index (χ4v) is 3.69. The van der Waals surface area contributed by atoms with Crippen molar-refractivity contribution in [3.05, 3.63) is 57.3 Å². The molecule has 3 rings (SSSR count). The number of aryl methyl sites for hydroxylation is 1. The number of hydrogen-bond donors (Lipinski definition) is 1. The fourth-order valence-electron chi connectivity index (χ4n) is 2.96. The zero-order chi connectivity index (χ0) is 18.9. The number of halogens is 1. The maximum absolute atomic E-state index is 12.3. The van der Waals surface area contributed by atoms with E-state index in [1.165, 1.54) is 5.56 Å². The number of nitrogens with zero attached hydrogens (tertiary/aromatic N) is 2. The minimum Gasteiger partial charge on any atom is -0.341 e. The van der Waals surface area contributed by atoms with Gasteiger partial charge in [0, 0.05) is 19.2 Å². The average Bonchev–Trinajstić information content (AvgIpc) is 2.82. The number of nitrogens with one attached hydrogen (secondary N) is 1. The van der Waals surface area contributed by atoms with E-state index in [0.29, 0.717) is 12.2 Å². The molecule has 0 aliphatic heterocycles. The van der Waals surface area contributed by atoms with Crippen LogP contribution in [0.25, 0.3) is 11.0 Å². The van der Waals surface area contributed by atoms with Crippen LogP contribution in [-0.4, -0.2) is 15.5 Å². The molecule has 0 radical (unpaired) electrons. The molecular weight excluding hydrogens is 437 g/mol. The second-order valence-corrected chi connectivity index (χ2v) is 9.06. The van der Waals surface area contributed by atoms with Crippen molar-refractivity contribution in [2.24, 2.45) is 5.41 Å². The first kappa shape index (κ1) is 18.9. The predicted molar refractivity (Wildman–Crippen MR) is 115 cm³/mol. The molecule has 136 valence electrons.